The van der Waals surface area contributed by atoms with E-state index < -0.39 is 0 Å². The van der Waals surface area contributed by atoms with Crippen molar-refractivity contribution >= 4 is 5.91 Å². The summed E-state index contributed by atoms with van der Waals surface area (Å²) >= 11 is 0. The maximum absolute atomic E-state index is 12.3. The number of fused-ring (bicyclic) bond motifs is 1. The molecule has 1 heterocycles. The van der Waals surface area contributed by atoms with Crippen LogP contribution in [-0.4, -0.2) is 25.0 Å². The van der Waals surface area contributed by atoms with Crippen LogP contribution in [0.15, 0.2) is 24.3 Å². The minimum atomic E-state index is 0.0790. The van der Waals surface area contributed by atoms with Gasteiger partial charge in [0.1, 0.15) is 0 Å². The molecule has 96 valence electrons. The second kappa shape index (κ2) is 4.73. The third-order valence-electron chi connectivity index (χ3n) is 4.33. The van der Waals surface area contributed by atoms with Crippen molar-refractivity contribution in [2.24, 2.45) is 5.92 Å². The van der Waals surface area contributed by atoms with Crippen LogP contribution in [0.3, 0.4) is 0 Å². The van der Waals surface area contributed by atoms with Crippen molar-refractivity contribution in [3.05, 3.63) is 35.4 Å². The highest BCUT2D eigenvalue weighted by molar-refractivity contribution is 5.87. The fourth-order valence-corrected chi connectivity index (χ4v) is 2.96. The van der Waals surface area contributed by atoms with Crippen molar-refractivity contribution in [2.45, 2.75) is 31.7 Å². The maximum atomic E-state index is 12.3. The highest BCUT2D eigenvalue weighted by atomic mass is 16.2. The smallest absolute Gasteiger partial charge is 0.228 e. The highest BCUT2D eigenvalue weighted by Gasteiger charge is 2.33. The van der Waals surface area contributed by atoms with E-state index in [1.165, 1.54) is 11.1 Å². The number of amides is 1. The fraction of sp³-hybridized carbons (Fsp3) is 0.533. The van der Waals surface area contributed by atoms with Crippen LogP contribution >= 0.6 is 0 Å². The van der Waals surface area contributed by atoms with E-state index in [1.54, 1.807) is 0 Å². The molecule has 2 N–H and O–H groups in total. The Morgan fingerprint density at radius 1 is 1.39 bits per heavy atom. The molecule has 0 spiro atoms. The van der Waals surface area contributed by atoms with Gasteiger partial charge in [0.2, 0.25) is 5.91 Å². The lowest BCUT2D eigenvalue weighted by atomic mass is 9.77. The van der Waals surface area contributed by atoms with Gasteiger partial charge in [0.25, 0.3) is 0 Å². The highest BCUT2D eigenvalue weighted by Crippen LogP contribution is 2.35. The molecule has 1 amide bonds. The summed E-state index contributed by atoms with van der Waals surface area (Å²) in [5.74, 6) is 0.857. The van der Waals surface area contributed by atoms with Gasteiger partial charge in [-0.2, -0.15) is 0 Å². The van der Waals surface area contributed by atoms with Crippen molar-refractivity contribution in [3.8, 4) is 0 Å². The van der Waals surface area contributed by atoms with Gasteiger partial charge in [-0.05, 0) is 36.4 Å². The zero-order valence-electron chi connectivity index (χ0n) is 10.8. The Kier molecular flexibility index (Phi) is 3.08. The Labute approximate surface area is 108 Å². The number of carbonyl (C=O) groups excluding carboxylic acids is 1. The summed E-state index contributed by atoms with van der Waals surface area (Å²) in [7, 11) is 0. The molecule has 3 nitrogen and oxygen atoms in total. The predicted molar refractivity (Wildman–Crippen MR) is 71.5 cm³/mol. The third kappa shape index (κ3) is 2.03. The van der Waals surface area contributed by atoms with Crippen molar-refractivity contribution in [1.29, 1.82) is 0 Å². The molecule has 3 unspecified atom stereocenters. The van der Waals surface area contributed by atoms with E-state index in [0.29, 0.717) is 12.0 Å². The average molecular weight is 244 g/mol. The quantitative estimate of drug-likeness (QED) is 0.826. The van der Waals surface area contributed by atoms with Gasteiger partial charge in [-0.15, -0.1) is 0 Å². The lowest BCUT2D eigenvalue weighted by molar-refractivity contribution is -0.124. The van der Waals surface area contributed by atoms with Gasteiger partial charge < -0.3 is 10.6 Å². The number of hydrogen-bond donors (Lipinski definition) is 2. The molecule has 1 aromatic carbocycles. The lowest BCUT2D eigenvalue weighted by Gasteiger charge is -2.34. The SMILES string of the molecule is CC1CCNCC1NC(=O)C1Cc2ccccc21. The average Bonchev–Trinajstić information content (AvgIpc) is 2.34. The van der Waals surface area contributed by atoms with Crippen LogP contribution in [0.4, 0.5) is 0 Å². The molecule has 0 bridgehead atoms. The van der Waals surface area contributed by atoms with Gasteiger partial charge in [0.15, 0.2) is 0 Å². The molecule has 1 aliphatic carbocycles. The Bertz CT molecular complexity index is 458. The van der Waals surface area contributed by atoms with E-state index in [1.807, 2.05) is 12.1 Å². The zero-order chi connectivity index (χ0) is 12.5. The molecule has 1 saturated heterocycles. The van der Waals surface area contributed by atoms with E-state index in [0.717, 1.165) is 25.9 Å². The summed E-state index contributed by atoms with van der Waals surface area (Å²) in [6.45, 7) is 4.20. The molecule has 18 heavy (non-hydrogen) atoms. The second-order valence-corrected chi connectivity index (χ2v) is 5.54. The van der Waals surface area contributed by atoms with Crippen LogP contribution in [-0.2, 0) is 11.2 Å². The van der Waals surface area contributed by atoms with E-state index in [2.05, 4.69) is 29.7 Å². The van der Waals surface area contributed by atoms with Crippen LogP contribution < -0.4 is 10.6 Å². The number of nitrogens with one attached hydrogen (secondary N) is 2. The third-order valence-corrected chi connectivity index (χ3v) is 4.33. The number of piperidine rings is 1. The maximum Gasteiger partial charge on any atom is 0.228 e. The van der Waals surface area contributed by atoms with Crippen LogP contribution in [0.25, 0.3) is 0 Å². The molecule has 1 aliphatic heterocycles. The Morgan fingerprint density at radius 3 is 3.00 bits per heavy atom. The van der Waals surface area contributed by atoms with Crippen LogP contribution in [0, 0.1) is 5.92 Å². The molecule has 3 heteroatoms. The summed E-state index contributed by atoms with van der Waals surface area (Å²) in [5.41, 5.74) is 2.54. The van der Waals surface area contributed by atoms with E-state index in [9.17, 15) is 4.79 Å². The molecule has 2 aliphatic rings. The van der Waals surface area contributed by atoms with Gasteiger partial charge in [0, 0.05) is 12.6 Å². The van der Waals surface area contributed by atoms with Crippen molar-refractivity contribution in [2.75, 3.05) is 13.1 Å². The molecular formula is C15H20N2O. The van der Waals surface area contributed by atoms with Crippen molar-refractivity contribution < 1.29 is 4.79 Å². The Balaban J connectivity index is 1.63. The summed E-state index contributed by atoms with van der Waals surface area (Å²) in [6, 6.07) is 8.54. The molecule has 0 saturated carbocycles. The van der Waals surface area contributed by atoms with Gasteiger partial charge in [-0.25, -0.2) is 0 Å². The lowest BCUT2D eigenvalue weighted by Crippen LogP contribution is -2.52. The Hall–Kier alpha value is -1.35. The summed E-state index contributed by atoms with van der Waals surface area (Å²) in [5, 5.41) is 6.56. The molecule has 1 fully saturated rings. The largest absolute Gasteiger partial charge is 0.351 e. The van der Waals surface area contributed by atoms with Gasteiger partial charge in [-0.3, -0.25) is 4.79 Å². The van der Waals surface area contributed by atoms with Crippen LogP contribution in [0.2, 0.25) is 0 Å². The van der Waals surface area contributed by atoms with Crippen LogP contribution in [0.1, 0.15) is 30.4 Å². The molecule has 3 rings (SSSR count). The zero-order valence-corrected chi connectivity index (χ0v) is 10.8. The standard InChI is InChI=1S/C15H20N2O/c1-10-6-7-16-9-14(10)17-15(18)13-8-11-4-2-3-5-12(11)13/h2-5,10,13-14,16H,6-9H2,1H3,(H,17,18). The first-order valence-corrected chi connectivity index (χ1v) is 6.84. The van der Waals surface area contributed by atoms with E-state index in [4.69, 9.17) is 0 Å². The fourth-order valence-electron chi connectivity index (χ4n) is 2.96. The molecule has 3 atom stereocenters. The van der Waals surface area contributed by atoms with Crippen molar-refractivity contribution in [1.82, 2.24) is 10.6 Å². The van der Waals surface area contributed by atoms with Gasteiger partial charge in [-0.1, -0.05) is 31.2 Å². The Morgan fingerprint density at radius 2 is 2.22 bits per heavy atom. The molecule has 1 aromatic rings. The summed E-state index contributed by atoms with van der Waals surface area (Å²) in [6.07, 6.45) is 2.04. The minimum absolute atomic E-state index is 0.0790. The molecule has 0 radical (unpaired) electrons. The summed E-state index contributed by atoms with van der Waals surface area (Å²) in [4.78, 5) is 12.3. The molecule has 0 aromatic heterocycles. The summed E-state index contributed by atoms with van der Waals surface area (Å²) < 4.78 is 0. The number of rotatable bonds is 2. The number of hydrogen-bond acceptors (Lipinski definition) is 2. The normalized spacial score (nSPS) is 30.2. The predicted octanol–water partition coefficient (Wildman–Crippen LogP) is 1.44. The first kappa shape index (κ1) is 11.7. The molecular weight excluding hydrogens is 224 g/mol. The first-order chi connectivity index (χ1) is 8.75. The number of benzene rings is 1. The van der Waals surface area contributed by atoms with Gasteiger partial charge >= 0.3 is 0 Å². The first-order valence-electron chi connectivity index (χ1n) is 6.84. The van der Waals surface area contributed by atoms with Gasteiger partial charge in [0.05, 0.1) is 5.92 Å². The van der Waals surface area contributed by atoms with E-state index >= 15 is 0 Å². The van der Waals surface area contributed by atoms with Crippen LogP contribution in [0.5, 0.6) is 0 Å². The van der Waals surface area contributed by atoms with Crippen molar-refractivity contribution in [3.63, 3.8) is 0 Å². The number of carbonyl (C=O) groups is 1. The van der Waals surface area contributed by atoms with E-state index in [-0.39, 0.29) is 11.8 Å². The second-order valence-electron chi connectivity index (χ2n) is 5.54. The minimum Gasteiger partial charge on any atom is -0.351 e. The topological polar surface area (TPSA) is 41.1 Å². The monoisotopic (exact) mass is 244 g/mol.